The number of hydrogen-bond acceptors (Lipinski definition) is 5. The van der Waals surface area contributed by atoms with E-state index in [9.17, 15) is 25.2 Å². The molecule has 0 aromatic heterocycles. The maximum atomic E-state index is 13.5. The van der Waals surface area contributed by atoms with Crippen molar-refractivity contribution in [1.29, 1.82) is 0 Å². The van der Waals surface area contributed by atoms with Gasteiger partial charge in [0.25, 0.3) is 0 Å². The molecule has 0 bridgehead atoms. The van der Waals surface area contributed by atoms with Crippen LogP contribution in [0.5, 0.6) is 0 Å². The Hall–Kier alpha value is -2.83. The summed E-state index contributed by atoms with van der Waals surface area (Å²) in [4.78, 5) is 13.5. The molecule has 0 aliphatic heterocycles. The molecule has 31 heavy (non-hydrogen) atoms. The van der Waals surface area contributed by atoms with Gasteiger partial charge < -0.3 is 20.4 Å². The van der Waals surface area contributed by atoms with Crippen molar-refractivity contribution in [2.24, 2.45) is 0 Å². The van der Waals surface area contributed by atoms with Gasteiger partial charge in [0.15, 0.2) is 11.4 Å². The van der Waals surface area contributed by atoms with Gasteiger partial charge in [-0.3, -0.25) is 4.79 Å². The third-order valence-corrected chi connectivity index (χ3v) is 5.73. The zero-order valence-corrected chi connectivity index (χ0v) is 17.3. The van der Waals surface area contributed by atoms with E-state index >= 15 is 0 Å². The number of carbonyl (C=O) groups is 1. The molecule has 0 unspecified atom stereocenters. The van der Waals surface area contributed by atoms with Crippen molar-refractivity contribution in [2.75, 3.05) is 6.61 Å². The summed E-state index contributed by atoms with van der Waals surface area (Å²) in [6.45, 7) is -0.806. The summed E-state index contributed by atoms with van der Waals surface area (Å²) in [5.41, 5.74) is -2.73. The van der Waals surface area contributed by atoms with Gasteiger partial charge in [0.05, 0.1) is 6.61 Å². The van der Waals surface area contributed by atoms with E-state index in [1.165, 1.54) is 0 Å². The predicted octanol–water partition coefficient (Wildman–Crippen LogP) is 2.10. The fourth-order valence-electron chi connectivity index (χ4n) is 3.91. The number of hydrogen-bond donors (Lipinski definition) is 4. The standard InChI is InChI=1S/C26H28O5/c27-19-24(29)26(31,18-22-14-8-3-9-15-22)25(30,17-21-12-6-2-7-13-21)23(28)16-20-10-4-1-5-11-20/h1-15,24,27,29-31H,16-19H2/t24-,25+,26-/m0/s1. The molecule has 0 heterocycles. The van der Waals surface area contributed by atoms with E-state index in [2.05, 4.69) is 0 Å². The maximum absolute atomic E-state index is 13.5. The summed E-state index contributed by atoms with van der Waals surface area (Å²) >= 11 is 0. The van der Waals surface area contributed by atoms with Crippen molar-refractivity contribution in [3.8, 4) is 0 Å². The van der Waals surface area contributed by atoms with E-state index in [0.29, 0.717) is 16.7 Å². The van der Waals surface area contributed by atoms with E-state index < -0.39 is 29.7 Å². The first kappa shape index (κ1) is 22.8. The number of ketones is 1. The first-order valence-electron chi connectivity index (χ1n) is 10.3. The van der Waals surface area contributed by atoms with E-state index in [1.54, 1.807) is 72.8 Å². The number of Topliss-reactive ketones (excluding diaryl/α,β-unsaturated/α-hetero) is 1. The Kier molecular flexibility index (Phi) is 7.36. The molecule has 0 aliphatic carbocycles. The van der Waals surface area contributed by atoms with Crippen LogP contribution in [0, 0.1) is 0 Å². The minimum atomic E-state index is -2.35. The molecule has 5 nitrogen and oxygen atoms in total. The van der Waals surface area contributed by atoms with Crippen LogP contribution in [0.2, 0.25) is 0 Å². The topological polar surface area (TPSA) is 98.0 Å². The lowest BCUT2D eigenvalue weighted by Crippen LogP contribution is -2.68. The quantitative estimate of drug-likeness (QED) is 0.403. The third-order valence-electron chi connectivity index (χ3n) is 5.73. The van der Waals surface area contributed by atoms with Crippen molar-refractivity contribution >= 4 is 5.78 Å². The summed E-state index contributed by atoms with van der Waals surface area (Å²) in [6, 6.07) is 26.6. The van der Waals surface area contributed by atoms with Gasteiger partial charge in [-0.15, -0.1) is 0 Å². The molecule has 5 heteroatoms. The van der Waals surface area contributed by atoms with Gasteiger partial charge in [-0.05, 0) is 16.7 Å². The molecule has 162 valence electrons. The summed E-state index contributed by atoms with van der Waals surface area (Å²) in [6.07, 6.45) is -2.28. The molecule has 3 atom stereocenters. The van der Waals surface area contributed by atoms with Crippen LogP contribution >= 0.6 is 0 Å². The molecule has 3 aromatic rings. The lowest BCUT2D eigenvalue weighted by molar-refractivity contribution is -0.209. The molecule has 0 saturated heterocycles. The number of benzene rings is 3. The SMILES string of the molecule is O=C(Cc1ccccc1)[C@](O)(Cc1ccccc1)[C@](O)(Cc1ccccc1)[C@@H](O)CO. The molecule has 4 N–H and O–H groups in total. The fraction of sp³-hybridized carbons (Fsp3) is 0.269. The second-order valence-corrected chi connectivity index (χ2v) is 7.89. The molecule has 3 rings (SSSR count). The minimum Gasteiger partial charge on any atom is -0.394 e. The zero-order chi connectivity index (χ0) is 22.3. The highest BCUT2D eigenvalue weighted by Crippen LogP contribution is 2.35. The van der Waals surface area contributed by atoms with Crippen molar-refractivity contribution in [1.82, 2.24) is 0 Å². The lowest BCUT2D eigenvalue weighted by atomic mass is 9.68. The Morgan fingerprint density at radius 2 is 1.13 bits per heavy atom. The Balaban J connectivity index is 2.07. The summed E-state index contributed by atoms with van der Waals surface area (Å²) in [5, 5.41) is 43.9. The average Bonchev–Trinajstić information content (AvgIpc) is 2.80. The molecule has 0 fully saturated rings. The van der Waals surface area contributed by atoms with Gasteiger partial charge in [-0.2, -0.15) is 0 Å². The lowest BCUT2D eigenvalue weighted by Gasteiger charge is -2.45. The Labute approximate surface area is 182 Å². The van der Waals surface area contributed by atoms with Crippen LogP contribution < -0.4 is 0 Å². The van der Waals surface area contributed by atoms with E-state index in [0.717, 1.165) is 0 Å². The van der Waals surface area contributed by atoms with Crippen molar-refractivity contribution in [3.05, 3.63) is 108 Å². The van der Waals surface area contributed by atoms with Crippen LogP contribution in [-0.4, -0.2) is 50.1 Å². The van der Waals surface area contributed by atoms with Crippen molar-refractivity contribution < 1.29 is 25.2 Å². The van der Waals surface area contributed by atoms with Gasteiger partial charge in [0, 0.05) is 19.3 Å². The summed E-state index contributed by atoms with van der Waals surface area (Å²) < 4.78 is 0. The predicted molar refractivity (Wildman–Crippen MR) is 118 cm³/mol. The first-order valence-corrected chi connectivity index (χ1v) is 10.3. The molecule has 3 aromatic carbocycles. The molecule has 0 saturated carbocycles. The Morgan fingerprint density at radius 3 is 1.58 bits per heavy atom. The minimum absolute atomic E-state index is 0.126. The molecule has 0 amide bonds. The van der Waals surface area contributed by atoms with Gasteiger partial charge >= 0.3 is 0 Å². The first-order chi connectivity index (χ1) is 14.9. The van der Waals surface area contributed by atoms with E-state index in [4.69, 9.17) is 0 Å². The number of aliphatic hydroxyl groups is 4. The van der Waals surface area contributed by atoms with Crippen LogP contribution in [0.4, 0.5) is 0 Å². The van der Waals surface area contributed by atoms with Gasteiger partial charge in [0.2, 0.25) is 0 Å². The smallest absolute Gasteiger partial charge is 0.172 e. The highest BCUT2D eigenvalue weighted by Gasteiger charge is 2.57. The van der Waals surface area contributed by atoms with Crippen molar-refractivity contribution in [2.45, 2.75) is 36.6 Å². The monoisotopic (exact) mass is 420 g/mol. The van der Waals surface area contributed by atoms with E-state index in [1.807, 2.05) is 18.2 Å². The number of carbonyl (C=O) groups excluding carboxylic acids is 1. The Bertz CT molecular complexity index is 961. The highest BCUT2D eigenvalue weighted by atomic mass is 16.4. The average molecular weight is 421 g/mol. The third kappa shape index (κ3) is 5.09. The van der Waals surface area contributed by atoms with Crippen molar-refractivity contribution in [3.63, 3.8) is 0 Å². The van der Waals surface area contributed by atoms with Gasteiger partial charge in [-0.25, -0.2) is 0 Å². The summed E-state index contributed by atoms with van der Waals surface area (Å²) in [7, 11) is 0. The Morgan fingerprint density at radius 1 is 0.710 bits per heavy atom. The maximum Gasteiger partial charge on any atom is 0.172 e. The number of rotatable bonds is 10. The summed E-state index contributed by atoms with van der Waals surface area (Å²) in [5.74, 6) is -0.631. The van der Waals surface area contributed by atoms with Crippen LogP contribution in [0.25, 0.3) is 0 Å². The largest absolute Gasteiger partial charge is 0.394 e. The molecule has 0 radical (unpaired) electrons. The van der Waals surface area contributed by atoms with Crippen LogP contribution in [0.1, 0.15) is 16.7 Å². The van der Waals surface area contributed by atoms with Crippen LogP contribution in [0.3, 0.4) is 0 Å². The molecular formula is C26H28O5. The fourth-order valence-corrected chi connectivity index (χ4v) is 3.91. The molecule has 0 spiro atoms. The normalized spacial score (nSPS) is 16.1. The molecular weight excluding hydrogens is 392 g/mol. The second-order valence-electron chi connectivity index (χ2n) is 7.89. The van der Waals surface area contributed by atoms with Gasteiger partial charge in [0.1, 0.15) is 11.7 Å². The number of aliphatic hydroxyl groups excluding tert-OH is 2. The van der Waals surface area contributed by atoms with Crippen LogP contribution in [0.15, 0.2) is 91.0 Å². The highest BCUT2D eigenvalue weighted by molar-refractivity contribution is 5.91. The zero-order valence-electron chi connectivity index (χ0n) is 17.3. The molecule has 0 aliphatic rings. The van der Waals surface area contributed by atoms with E-state index in [-0.39, 0.29) is 19.3 Å². The van der Waals surface area contributed by atoms with Gasteiger partial charge in [-0.1, -0.05) is 91.0 Å². The van der Waals surface area contributed by atoms with Crippen LogP contribution in [-0.2, 0) is 24.1 Å². The second kappa shape index (κ2) is 9.98.